The van der Waals surface area contributed by atoms with Crippen LogP contribution in [0.25, 0.3) is 0 Å². The molecule has 1 saturated heterocycles. The molecule has 0 spiro atoms. The largest absolute Gasteiger partial charge is 0.485 e. The number of nitrogens with zero attached hydrogens (tertiary/aromatic N) is 1. The van der Waals surface area contributed by atoms with Gasteiger partial charge in [0.2, 0.25) is 0 Å². The second-order valence-electron chi connectivity index (χ2n) is 6.38. The Morgan fingerprint density at radius 2 is 2.12 bits per heavy atom. The summed E-state index contributed by atoms with van der Waals surface area (Å²) in [6.45, 7) is 8.76. The summed E-state index contributed by atoms with van der Waals surface area (Å²) >= 11 is 0. The van der Waals surface area contributed by atoms with Crippen molar-refractivity contribution in [1.82, 2.24) is 10.2 Å². The van der Waals surface area contributed by atoms with Gasteiger partial charge in [-0.15, -0.1) is 12.4 Å². The van der Waals surface area contributed by atoms with Crippen LogP contribution in [-0.2, 0) is 6.61 Å². The number of ether oxygens (including phenoxy) is 1. The Labute approximate surface area is 154 Å². The van der Waals surface area contributed by atoms with Crippen molar-refractivity contribution >= 4 is 18.3 Å². The van der Waals surface area contributed by atoms with Gasteiger partial charge in [0, 0.05) is 25.7 Å². The lowest BCUT2D eigenvalue weighted by Crippen LogP contribution is -2.52. The van der Waals surface area contributed by atoms with Crippen molar-refractivity contribution in [1.29, 1.82) is 0 Å². The zero-order valence-corrected chi connectivity index (χ0v) is 15.7. The molecule has 1 aliphatic rings. The number of nitrogens with one attached hydrogen (secondary N) is 1. The first-order valence-corrected chi connectivity index (χ1v) is 8.35. The van der Waals surface area contributed by atoms with Crippen molar-refractivity contribution in [3.8, 4) is 5.75 Å². The van der Waals surface area contributed by atoms with Gasteiger partial charge in [-0.25, -0.2) is 0 Å². The van der Waals surface area contributed by atoms with Crippen LogP contribution in [0.15, 0.2) is 34.7 Å². The summed E-state index contributed by atoms with van der Waals surface area (Å²) < 4.78 is 11.5. The lowest BCUT2D eigenvalue weighted by atomic mass is 10.1. The minimum atomic E-state index is -0.0539. The molecule has 0 aliphatic carbocycles. The zero-order chi connectivity index (χ0) is 17.1. The van der Waals surface area contributed by atoms with Crippen LogP contribution in [0.1, 0.15) is 34.4 Å². The highest BCUT2D eigenvalue weighted by molar-refractivity contribution is 5.91. The van der Waals surface area contributed by atoms with Gasteiger partial charge < -0.3 is 19.4 Å². The summed E-state index contributed by atoms with van der Waals surface area (Å²) in [6.07, 6.45) is 0. The first kappa shape index (κ1) is 19.3. The molecule has 1 aromatic carbocycles. The lowest BCUT2D eigenvalue weighted by molar-refractivity contribution is 0.0619. The Bertz CT molecular complexity index is 729. The molecule has 1 amide bonds. The smallest absolute Gasteiger partial charge is 0.289 e. The fraction of sp³-hybridized carbons (Fsp3) is 0.421. The van der Waals surface area contributed by atoms with Crippen molar-refractivity contribution in [3.05, 3.63) is 53.0 Å². The molecule has 1 aliphatic heterocycles. The Hall–Kier alpha value is -1.98. The standard InChI is InChI=1S/C19H24N2O3.ClH/c1-13-4-6-17(14(2)10-13)23-12-16-5-7-18(24-16)19(22)21-9-8-20-11-15(21)3;/h4-7,10,15,20H,8-9,11-12H2,1-3H3;1H. The van der Waals surface area contributed by atoms with E-state index < -0.39 is 0 Å². The number of carbonyl (C=O) groups is 1. The Morgan fingerprint density at radius 3 is 2.84 bits per heavy atom. The van der Waals surface area contributed by atoms with Crippen molar-refractivity contribution < 1.29 is 13.9 Å². The summed E-state index contributed by atoms with van der Waals surface area (Å²) in [7, 11) is 0. The van der Waals surface area contributed by atoms with E-state index in [2.05, 4.69) is 18.3 Å². The monoisotopic (exact) mass is 364 g/mol. The van der Waals surface area contributed by atoms with E-state index in [1.54, 1.807) is 6.07 Å². The average molecular weight is 365 g/mol. The topological polar surface area (TPSA) is 54.7 Å². The fourth-order valence-corrected chi connectivity index (χ4v) is 2.96. The number of furan rings is 1. The second-order valence-corrected chi connectivity index (χ2v) is 6.38. The quantitative estimate of drug-likeness (QED) is 0.904. The third-order valence-corrected chi connectivity index (χ3v) is 4.33. The molecule has 1 fully saturated rings. The molecule has 5 nitrogen and oxygen atoms in total. The highest BCUT2D eigenvalue weighted by Crippen LogP contribution is 2.21. The van der Waals surface area contributed by atoms with E-state index in [0.29, 0.717) is 24.7 Å². The van der Waals surface area contributed by atoms with Crippen LogP contribution in [-0.4, -0.2) is 36.5 Å². The maximum absolute atomic E-state index is 12.6. The molecule has 0 radical (unpaired) electrons. The van der Waals surface area contributed by atoms with Gasteiger partial charge in [0.1, 0.15) is 18.1 Å². The van der Waals surface area contributed by atoms with Gasteiger partial charge >= 0.3 is 0 Å². The molecule has 1 atom stereocenters. The van der Waals surface area contributed by atoms with Gasteiger partial charge in [-0.2, -0.15) is 0 Å². The fourth-order valence-electron chi connectivity index (χ4n) is 2.96. The van der Waals surface area contributed by atoms with Gasteiger partial charge in [0.25, 0.3) is 5.91 Å². The lowest BCUT2D eigenvalue weighted by Gasteiger charge is -2.33. The van der Waals surface area contributed by atoms with E-state index in [0.717, 1.165) is 24.4 Å². The van der Waals surface area contributed by atoms with Gasteiger partial charge in [0.15, 0.2) is 5.76 Å². The van der Waals surface area contributed by atoms with Crippen LogP contribution in [0.4, 0.5) is 0 Å². The van der Waals surface area contributed by atoms with E-state index >= 15 is 0 Å². The number of aryl methyl sites for hydroxylation is 2. The van der Waals surface area contributed by atoms with E-state index in [1.165, 1.54) is 5.56 Å². The number of halogens is 1. The van der Waals surface area contributed by atoms with Gasteiger partial charge in [-0.3, -0.25) is 4.79 Å². The first-order chi connectivity index (χ1) is 11.5. The summed E-state index contributed by atoms with van der Waals surface area (Å²) in [4.78, 5) is 14.4. The third-order valence-electron chi connectivity index (χ3n) is 4.33. The number of piperazine rings is 1. The molecule has 1 N–H and O–H groups in total. The maximum atomic E-state index is 12.6. The van der Waals surface area contributed by atoms with E-state index in [4.69, 9.17) is 9.15 Å². The van der Waals surface area contributed by atoms with Crippen molar-refractivity contribution in [2.75, 3.05) is 19.6 Å². The van der Waals surface area contributed by atoms with Crippen molar-refractivity contribution in [2.24, 2.45) is 0 Å². The molecule has 6 heteroatoms. The molecule has 3 rings (SSSR count). The van der Waals surface area contributed by atoms with Crippen LogP contribution in [0.3, 0.4) is 0 Å². The van der Waals surface area contributed by atoms with Crippen LogP contribution in [0, 0.1) is 13.8 Å². The number of hydrogen-bond donors (Lipinski definition) is 1. The summed E-state index contributed by atoms with van der Waals surface area (Å²) in [5.41, 5.74) is 2.29. The average Bonchev–Trinajstić information content (AvgIpc) is 3.03. The molecule has 1 unspecified atom stereocenters. The highest BCUT2D eigenvalue weighted by Gasteiger charge is 2.26. The molecular weight excluding hydrogens is 340 g/mol. The Kier molecular flexibility index (Phi) is 6.51. The van der Waals surface area contributed by atoms with Crippen molar-refractivity contribution in [3.63, 3.8) is 0 Å². The molecule has 1 aromatic heterocycles. The SMILES string of the molecule is Cc1ccc(OCc2ccc(C(=O)N3CCNCC3C)o2)c(C)c1.Cl. The van der Waals surface area contributed by atoms with E-state index in [-0.39, 0.29) is 24.4 Å². The Morgan fingerprint density at radius 1 is 1.32 bits per heavy atom. The maximum Gasteiger partial charge on any atom is 0.289 e. The predicted molar refractivity (Wildman–Crippen MR) is 99.6 cm³/mol. The van der Waals surface area contributed by atoms with E-state index in [9.17, 15) is 4.79 Å². The molecule has 0 bridgehead atoms. The van der Waals surface area contributed by atoms with Crippen LogP contribution < -0.4 is 10.1 Å². The normalized spacial score (nSPS) is 17.1. The molecule has 2 aromatic rings. The van der Waals surface area contributed by atoms with Gasteiger partial charge in [-0.05, 0) is 44.5 Å². The molecule has 136 valence electrons. The molecule has 25 heavy (non-hydrogen) atoms. The van der Waals surface area contributed by atoms with Crippen molar-refractivity contribution in [2.45, 2.75) is 33.4 Å². The number of amides is 1. The second kappa shape index (κ2) is 8.41. The minimum absolute atomic E-state index is 0. The molecular formula is C19H25ClN2O3. The van der Waals surface area contributed by atoms with Gasteiger partial charge in [0.05, 0.1) is 0 Å². The zero-order valence-electron chi connectivity index (χ0n) is 14.9. The number of rotatable bonds is 4. The van der Waals surface area contributed by atoms with E-state index in [1.807, 2.05) is 36.9 Å². The summed E-state index contributed by atoms with van der Waals surface area (Å²) in [6, 6.07) is 9.78. The highest BCUT2D eigenvalue weighted by atomic mass is 35.5. The van der Waals surface area contributed by atoms with Crippen LogP contribution in [0.2, 0.25) is 0 Å². The summed E-state index contributed by atoms with van der Waals surface area (Å²) in [5.74, 6) is 1.81. The predicted octanol–water partition coefficient (Wildman–Crippen LogP) is 3.33. The number of carbonyl (C=O) groups excluding carboxylic acids is 1. The first-order valence-electron chi connectivity index (χ1n) is 8.35. The van der Waals surface area contributed by atoms with Crippen LogP contribution >= 0.6 is 12.4 Å². The van der Waals surface area contributed by atoms with Gasteiger partial charge in [-0.1, -0.05) is 17.7 Å². The third kappa shape index (κ3) is 4.55. The summed E-state index contributed by atoms with van der Waals surface area (Å²) in [5, 5.41) is 3.28. The minimum Gasteiger partial charge on any atom is -0.485 e. The number of hydrogen-bond acceptors (Lipinski definition) is 4. The van der Waals surface area contributed by atoms with Crippen LogP contribution in [0.5, 0.6) is 5.75 Å². The Balaban J connectivity index is 0.00000225. The molecule has 0 saturated carbocycles. The number of benzene rings is 1. The molecule has 2 heterocycles.